The first-order valence-corrected chi connectivity index (χ1v) is 38.1. The molecule has 3 aromatic carbocycles. The summed E-state index contributed by atoms with van der Waals surface area (Å²) in [4.78, 5) is 117. The highest BCUT2D eigenvalue weighted by molar-refractivity contribution is 7.90. The summed E-state index contributed by atoms with van der Waals surface area (Å²) in [7, 11) is -5.62. The number of aliphatic hydroxyl groups is 1. The van der Waals surface area contributed by atoms with Crippen LogP contribution in [-0.4, -0.2) is 201 Å². The highest BCUT2D eigenvalue weighted by Gasteiger charge is 2.46. The Morgan fingerprint density at radius 2 is 1.33 bits per heavy atom. The van der Waals surface area contributed by atoms with E-state index in [2.05, 4.69) is 46.5 Å². The quantitative estimate of drug-likeness (QED) is 0.0162. The number of benzene rings is 3. The summed E-state index contributed by atoms with van der Waals surface area (Å²) in [5.41, 5.74) is 4.32. The lowest BCUT2D eigenvalue weighted by Gasteiger charge is -2.36. The highest BCUT2D eigenvalue weighted by Crippen LogP contribution is 2.48. The number of fused-ring (bicyclic) bond motifs is 5. The summed E-state index contributed by atoms with van der Waals surface area (Å²) < 4.78 is 98.1. The number of cyclic esters (lactones) is 1. The molecule has 5 amide bonds. The summed E-state index contributed by atoms with van der Waals surface area (Å²) in [5.74, 6) is -3.79. The molecule has 4 atom stereocenters. The van der Waals surface area contributed by atoms with Gasteiger partial charge >= 0.3 is 12.1 Å². The molecule has 0 saturated heterocycles. The first-order chi connectivity index (χ1) is 50.5. The summed E-state index contributed by atoms with van der Waals surface area (Å²) in [5, 5.41) is 36.7. The number of carboxylic acid groups (broad SMARTS) is 1. The van der Waals surface area contributed by atoms with Crippen molar-refractivity contribution in [1.29, 1.82) is 0 Å². The Labute approximate surface area is 610 Å². The Bertz CT molecular complexity index is 4700. The maximum Gasteiger partial charge on any atom is 0.408 e. The van der Waals surface area contributed by atoms with Crippen LogP contribution in [0.3, 0.4) is 0 Å². The molecule has 7 N–H and O–H groups in total. The number of hydrogen-bond donors (Lipinski definition) is 7. The lowest BCUT2D eigenvalue weighted by molar-refractivity contribution is -0.172. The van der Waals surface area contributed by atoms with E-state index in [1.54, 1.807) is 77.2 Å². The van der Waals surface area contributed by atoms with Gasteiger partial charge in [-0.1, -0.05) is 26.8 Å². The van der Waals surface area contributed by atoms with Gasteiger partial charge in [0.15, 0.2) is 5.60 Å². The van der Waals surface area contributed by atoms with Crippen LogP contribution in [0.25, 0.3) is 44.5 Å². The van der Waals surface area contributed by atoms with Crippen LogP contribution in [0, 0.1) is 18.7 Å². The van der Waals surface area contributed by atoms with Crippen molar-refractivity contribution < 1.29 is 88.6 Å². The van der Waals surface area contributed by atoms with Crippen molar-refractivity contribution in [2.45, 2.75) is 121 Å². The number of ether oxygens (including phenoxy) is 6. The standard InChI is InChI=1S/C72H85FN12O19S2/c1-9-72(94)54-30-58-63-52(38-84(58)67(90)53(54)39-104-68(72)91)61-57(13-12-51-41(4)55(73)31-56(82-63)60(51)61)85(71(92)93)37-43-10-11-50(29-47(43)32-74-6)81-64(87)42(5)80-66(89)62(40(2)3)83-59(86)14-16-99-18-20-101-22-24-103-25-23-102-21-19-100-17-15-75-65(88)46-27-44(48-33-76-69(77-34-48)105(7,95)96)26-45(28-46)49-35-78-70(79-36-49)106(8,97)98/h10-11,26-31,33-36,40,42,57,62,74,94H,9,12-25,32,37-39H2,1-8H3,(H,75,88)(H,80,89)(H,81,87)(H,83,86)(H,92,93)/t42-,57-,62-,72-/m0/s1. The van der Waals surface area contributed by atoms with Crippen molar-refractivity contribution in [2.75, 3.05) is 97.5 Å². The topological polar surface area (TPSA) is 416 Å². The Balaban J connectivity index is 0.619. The first kappa shape index (κ1) is 78.9. The van der Waals surface area contributed by atoms with Crippen molar-refractivity contribution in [1.82, 2.24) is 55.7 Å². The van der Waals surface area contributed by atoms with Gasteiger partial charge in [0, 0.05) is 108 Å². The molecule has 10 rings (SSSR count). The van der Waals surface area contributed by atoms with E-state index in [1.165, 1.54) is 47.2 Å². The molecule has 34 heteroatoms. The minimum atomic E-state index is -3.67. The van der Waals surface area contributed by atoms with E-state index in [-0.39, 0.29) is 157 Å². The zero-order valence-electron chi connectivity index (χ0n) is 59.8. The second-order valence-electron chi connectivity index (χ2n) is 26.2. The largest absolute Gasteiger partial charge is 0.465 e. The number of sulfone groups is 2. The number of nitrogens with zero attached hydrogens (tertiary/aromatic N) is 7. The van der Waals surface area contributed by atoms with Crippen LogP contribution in [0.15, 0.2) is 88.4 Å². The lowest BCUT2D eigenvalue weighted by atomic mass is 9.81. The summed E-state index contributed by atoms with van der Waals surface area (Å²) in [6, 6.07) is 9.87. The van der Waals surface area contributed by atoms with Crippen LogP contribution in [0.5, 0.6) is 0 Å². The molecule has 0 bridgehead atoms. The maximum atomic E-state index is 15.7. The molecule has 1 aliphatic carbocycles. The van der Waals surface area contributed by atoms with E-state index in [9.17, 15) is 60.6 Å². The maximum absolute atomic E-state index is 15.7. The molecule has 0 spiro atoms. The van der Waals surface area contributed by atoms with Crippen molar-refractivity contribution >= 4 is 72.0 Å². The van der Waals surface area contributed by atoms with E-state index in [0.717, 1.165) is 12.5 Å². The zero-order valence-corrected chi connectivity index (χ0v) is 61.5. The monoisotopic (exact) mass is 1500 g/mol. The fourth-order valence-corrected chi connectivity index (χ4v) is 13.8. The zero-order chi connectivity index (χ0) is 76.4. The molecular formula is C72H85FN12O19S2. The second-order valence-corrected chi connectivity index (χ2v) is 30.0. The number of aromatic nitrogens is 6. The molecule has 2 aliphatic heterocycles. The van der Waals surface area contributed by atoms with Gasteiger partial charge in [0.1, 0.15) is 24.5 Å². The Kier molecular flexibility index (Phi) is 25.5. The molecule has 3 aliphatic rings. The third kappa shape index (κ3) is 18.2. The number of hydrogen-bond acceptors (Lipinski definition) is 24. The third-order valence-electron chi connectivity index (χ3n) is 18.4. The predicted molar refractivity (Wildman–Crippen MR) is 382 cm³/mol. The van der Waals surface area contributed by atoms with Crippen molar-refractivity contribution in [3.63, 3.8) is 0 Å². The summed E-state index contributed by atoms with van der Waals surface area (Å²) >= 11 is 0. The van der Waals surface area contributed by atoms with E-state index in [4.69, 9.17) is 33.4 Å². The number of aryl methyl sites for hydroxylation is 1. The Hall–Kier alpha value is -9.65. The fourth-order valence-electron chi connectivity index (χ4n) is 12.8. The van der Waals surface area contributed by atoms with Crippen LogP contribution in [-0.2, 0) is 106 Å². The van der Waals surface area contributed by atoms with Gasteiger partial charge in [0.25, 0.3) is 11.5 Å². The number of pyridine rings is 2. The van der Waals surface area contributed by atoms with Gasteiger partial charge < -0.3 is 69.8 Å². The predicted octanol–water partition coefficient (Wildman–Crippen LogP) is 4.62. The van der Waals surface area contributed by atoms with E-state index in [1.807, 2.05) is 0 Å². The van der Waals surface area contributed by atoms with Crippen molar-refractivity contribution in [3.05, 3.63) is 140 Å². The van der Waals surface area contributed by atoms with Crippen LogP contribution in [0.1, 0.15) is 108 Å². The molecule has 6 heterocycles. The Morgan fingerprint density at radius 3 is 1.89 bits per heavy atom. The van der Waals surface area contributed by atoms with Gasteiger partial charge in [0.05, 0.1) is 101 Å². The molecule has 0 radical (unpaired) electrons. The fraction of sp³-hybridized carbons (Fsp3) is 0.444. The molecule has 0 fully saturated rings. The van der Waals surface area contributed by atoms with Gasteiger partial charge in [-0.15, -0.1) is 0 Å². The molecular weight excluding hydrogens is 1420 g/mol. The average Bonchev–Trinajstić information content (AvgIpc) is 1.49. The van der Waals surface area contributed by atoms with E-state index >= 15 is 4.39 Å². The average molecular weight is 1510 g/mol. The molecule has 566 valence electrons. The number of rotatable bonds is 35. The number of carbonyl (C=O) groups excluding carboxylic acids is 5. The van der Waals surface area contributed by atoms with Crippen LogP contribution >= 0.6 is 0 Å². The minimum Gasteiger partial charge on any atom is -0.465 e. The third-order valence-corrected chi connectivity index (χ3v) is 20.2. The van der Waals surface area contributed by atoms with Crippen molar-refractivity contribution in [2.24, 2.45) is 5.92 Å². The number of carbonyl (C=O) groups is 6. The highest BCUT2D eigenvalue weighted by atomic mass is 32.2. The van der Waals surface area contributed by atoms with E-state index < -0.39 is 90.5 Å². The van der Waals surface area contributed by atoms with Gasteiger partial charge in [-0.3, -0.25) is 28.9 Å². The normalized spacial score (nSPS) is 15.8. The SMILES string of the molecule is CC[C@@]1(O)C(=O)OCc2c1cc1n(c2=O)Cc2c-1nc1cc(F)c(C)c3c1c2[C@@H](N(Cc1ccc(NC(=O)[C@H](C)NC(=O)[C@@H](NC(=O)CCOCCOCCOCCOCCOCCNC(=O)c2cc(-c4cnc(S(C)(=O)=O)nc4)cc(-c4cnc(S(C)(=O)=O)nc4)c2)C(C)C)cc1CNC)C(=O)O)CC3. The van der Waals surface area contributed by atoms with Crippen LogP contribution in [0.4, 0.5) is 14.9 Å². The van der Waals surface area contributed by atoms with E-state index in [0.29, 0.717) is 84.5 Å². The van der Waals surface area contributed by atoms with Crippen molar-refractivity contribution in [3.8, 4) is 33.6 Å². The first-order valence-electron chi connectivity index (χ1n) is 34.4. The molecule has 7 aromatic rings. The summed E-state index contributed by atoms with van der Waals surface area (Å²) in [6.07, 6.45) is 6.44. The molecule has 106 heavy (non-hydrogen) atoms. The number of esters is 1. The minimum absolute atomic E-state index is 0.00963. The Morgan fingerprint density at radius 1 is 0.745 bits per heavy atom. The number of anilines is 1. The van der Waals surface area contributed by atoms with Crippen LogP contribution in [0.2, 0.25) is 0 Å². The molecule has 0 unspecified atom stereocenters. The van der Waals surface area contributed by atoms with Crippen LogP contribution < -0.4 is 32.1 Å². The van der Waals surface area contributed by atoms with Gasteiger partial charge in [0.2, 0.25) is 47.7 Å². The smallest absolute Gasteiger partial charge is 0.408 e. The number of amides is 5. The number of nitrogens with one attached hydrogen (secondary N) is 5. The lowest BCUT2D eigenvalue weighted by Crippen LogP contribution is -2.53. The van der Waals surface area contributed by atoms with Gasteiger partial charge in [-0.25, -0.2) is 55.7 Å². The molecule has 4 aromatic heterocycles. The van der Waals surface area contributed by atoms with Gasteiger partial charge in [-0.05, 0) is 121 Å². The number of halogens is 1. The van der Waals surface area contributed by atoms with Gasteiger partial charge in [-0.2, -0.15) is 0 Å². The molecule has 0 saturated carbocycles. The summed E-state index contributed by atoms with van der Waals surface area (Å²) in [6.45, 7) is 10.5. The second kappa shape index (κ2) is 34.3. The molecule has 31 nitrogen and oxygen atoms in total.